The molecular weight excluding hydrogens is 280 g/mol. The van der Waals surface area contributed by atoms with E-state index in [4.69, 9.17) is 4.74 Å². The van der Waals surface area contributed by atoms with Gasteiger partial charge in [-0.3, -0.25) is 4.79 Å². The Kier molecular flexibility index (Phi) is 5.06. The number of nitrogens with zero attached hydrogens (tertiary/aromatic N) is 2. The molecule has 1 aromatic rings. The Bertz CT molecular complexity index is 533. The molecule has 5 nitrogen and oxygen atoms in total. The monoisotopic (exact) mass is 304 g/mol. The minimum Gasteiger partial charge on any atom is -0.445 e. The summed E-state index contributed by atoms with van der Waals surface area (Å²) in [6, 6.07) is 8.00. The summed E-state index contributed by atoms with van der Waals surface area (Å²) >= 11 is 0. The number of aryl methyl sites for hydroxylation is 1. The highest BCUT2D eigenvalue weighted by molar-refractivity contribution is 5.78. The largest absolute Gasteiger partial charge is 0.445 e. The lowest BCUT2D eigenvalue weighted by atomic mass is 10.1. The molecule has 0 saturated carbocycles. The fourth-order valence-electron chi connectivity index (χ4n) is 2.36. The molecule has 0 aromatic heterocycles. The smallest absolute Gasteiger partial charge is 0.410 e. The van der Waals surface area contributed by atoms with E-state index in [0.717, 1.165) is 5.56 Å². The lowest BCUT2D eigenvalue weighted by Crippen LogP contribution is -2.61. The summed E-state index contributed by atoms with van der Waals surface area (Å²) in [6.45, 7) is 7.14. The van der Waals surface area contributed by atoms with Crippen LogP contribution in [0.25, 0.3) is 0 Å². The number of benzene rings is 1. The van der Waals surface area contributed by atoms with Crippen LogP contribution in [0.4, 0.5) is 4.79 Å². The van der Waals surface area contributed by atoms with Crippen molar-refractivity contribution < 1.29 is 14.3 Å². The van der Waals surface area contributed by atoms with Gasteiger partial charge in [0.2, 0.25) is 5.91 Å². The molecule has 0 unspecified atom stereocenters. The zero-order chi connectivity index (χ0) is 16.3. The molecule has 120 valence electrons. The van der Waals surface area contributed by atoms with Crippen molar-refractivity contribution in [3.8, 4) is 0 Å². The highest BCUT2D eigenvalue weighted by atomic mass is 16.6. The number of amides is 2. The quantitative estimate of drug-likeness (QED) is 0.858. The summed E-state index contributed by atoms with van der Waals surface area (Å²) in [7, 11) is 1.79. The van der Waals surface area contributed by atoms with Gasteiger partial charge in [0.25, 0.3) is 0 Å². The van der Waals surface area contributed by atoms with Crippen molar-refractivity contribution >= 4 is 12.0 Å². The molecule has 0 aliphatic carbocycles. The SMILES string of the molecule is Cc1ccc(COC(=O)N2CC(N(C)C(=O)C(C)C)C2)cc1. The summed E-state index contributed by atoms with van der Waals surface area (Å²) in [4.78, 5) is 27.2. The molecule has 1 heterocycles. The number of hydrogen-bond acceptors (Lipinski definition) is 3. The van der Waals surface area contributed by atoms with Crippen LogP contribution >= 0.6 is 0 Å². The predicted molar refractivity (Wildman–Crippen MR) is 84.3 cm³/mol. The normalized spacial score (nSPS) is 14.7. The number of hydrogen-bond donors (Lipinski definition) is 0. The summed E-state index contributed by atoms with van der Waals surface area (Å²) in [5.74, 6) is 0.0882. The predicted octanol–water partition coefficient (Wildman–Crippen LogP) is 2.43. The molecule has 1 saturated heterocycles. The minimum absolute atomic E-state index is 0.0208. The van der Waals surface area contributed by atoms with Crippen LogP contribution in [-0.2, 0) is 16.1 Å². The average Bonchev–Trinajstić information content (AvgIpc) is 2.44. The van der Waals surface area contributed by atoms with Crippen LogP contribution in [0.1, 0.15) is 25.0 Å². The van der Waals surface area contributed by atoms with E-state index in [1.807, 2.05) is 45.0 Å². The first-order valence-corrected chi connectivity index (χ1v) is 7.62. The van der Waals surface area contributed by atoms with E-state index >= 15 is 0 Å². The van der Waals surface area contributed by atoms with Crippen LogP contribution in [0.15, 0.2) is 24.3 Å². The maximum absolute atomic E-state index is 11.9. The van der Waals surface area contributed by atoms with Crippen LogP contribution in [-0.4, -0.2) is 48.0 Å². The minimum atomic E-state index is -0.317. The summed E-state index contributed by atoms with van der Waals surface area (Å²) in [5.41, 5.74) is 2.15. The molecule has 22 heavy (non-hydrogen) atoms. The fourth-order valence-corrected chi connectivity index (χ4v) is 2.36. The van der Waals surface area contributed by atoms with Crippen LogP contribution in [0, 0.1) is 12.8 Å². The van der Waals surface area contributed by atoms with Gasteiger partial charge in [-0.1, -0.05) is 43.7 Å². The Morgan fingerprint density at radius 3 is 2.41 bits per heavy atom. The fraction of sp³-hybridized carbons (Fsp3) is 0.529. The standard InChI is InChI=1S/C17H24N2O3/c1-12(2)16(20)18(4)15-9-19(10-15)17(21)22-11-14-7-5-13(3)6-8-14/h5-8,12,15H,9-11H2,1-4H3. The first kappa shape index (κ1) is 16.3. The van der Waals surface area contributed by atoms with Crippen molar-refractivity contribution in [2.24, 2.45) is 5.92 Å². The molecule has 0 bridgehead atoms. The van der Waals surface area contributed by atoms with E-state index in [0.29, 0.717) is 13.1 Å². The van der Waals surface area contributed by atoms with E-state index < -0.39 is 0 Å². The van der Waals surface area contributed by atoms with Gasteiger partial charge in [0.05, 0.1) is 6.04 Å². The third-order valence-electron chi connectivity index (χ3n) is 3.99. The topological polar surface area (TPSA) is 49.9 Å². The Labute approximate surface area is 131 Å². The molecule has 0 N–H and O–H groups in total. The highest BCUT2D eigenvalue weighted by Crippen LogP contribution is 2.17. The van der Waals surface area contributed by atoms with Gasteiger partial charge in [0.1, 0.15) is 6.61 Å². The molecular formula is C17H24N2O3. The van der Waals surface area contributed by atoms with Gasteiger partial charge in [-0.15, -0.1) is 0 Å². The highest BCUT2D eigenvalue weighted by Gasteiger charge is 2.36. The van der Waals surface area contributed by atoms with Crippen LogP contribution in [0.2, 0.25) is 0 Å². The molecule has 0 spiro atoms. The first-order valence-electron chi connectivity index (χ1n) is 7.62. The van der Waals surface area contributed by atoms with Crippen molar-refractivity contribution in [3.63, 3.8) is 0 Å². The Balaban J connectivity index is 1.75. The van der Waals surface area contributed by atoms with Crippen LogP contribution in [0.5, 0.6) is 0 Å². The second-order valence-corrected chi connectivity index (χ2v) is 6.20. The van der Waals surface area contributed by atoms with Crippen LogP contribution in [0.3, 0.4) is 0 Å². The number of rotatable bonds is 4. The van der Waals surface area contributed by atoms with Crippen molar-refractivity contribution in [1.82, 2.24) is 9.80 Å². The molecule has 2 rings (SSSR count). The molecule has 2 amide bonds. The summed E-state index contributed by atoms with van der Waals surface area (Å²) in [6.07, 6.45) is -0.317. The van der Waals surface area contributed by atoms with Gasteiger partial charge in [0, 0.05) is 26.1 Å². The third-order valence-corrected chi connectivity index (χ3v) is 3.99. The van der Waals surface area contributed by atoms with Gasteiger partial charge in [-0.25, -0.2) is 4.79 Å². The van der Waals surface area contributed by atoms with E-state index in [2.05, 4.69) is 0 Å². The molecule has 1 fully saturated rings. The van der Waals surface area contributed by atoms with Gasteiger partial charge < -0.3 is 14.5 Å². The lowest BCUT2D eigenvalue weighted by Gasteiger charge is -2.43. The van der Waals surface area contributed by atoms with Gasteiger partial charge in [-0.05, 0) is 12.5 Å². The van der Waals surface area contributed by atoms with Crippen molar-refractivity contribution in [3.05, 3.63) is 35.4 Å². The second kappa shape index (κ2) is 6.81. The third kappa shape index (κ3) is 3.78. The van der Waals surface area contributed by atoms with Crippen LogP contribution < -0.4 is 0 Å². The van der Waals surface area contributed by atoms with E-state index in [9.17, 15) is 9.59 Å². The molecule has 1 aliphatic rings. The van der Waals surface area contributed by atoms with Gasteiger partial charge >= 0.3 is 6.09 Å². The second-order valence-electron chi connectivity index (χ2n) is 6.20. The van der Waals surface area contributed by atoms with E-state index in [1.54, 1.807) is 16.8 Å². The molecule has 0 atom stereocenters. The molecule has 1 aromatic carbocycles. The van der Waals surface area contributed by atoms with E-state index in [-0.39, 0.29) is 30.6 Å². The van der Waals surface area contributed by atoms with Gasteiger partial charge in [0.15, 0.2) is 0 Å². The molecule has 1 aliphatic heterocycles. The van der Waals surface area contributed by atoms with Crippen molar-refractivity contribution in [1.29, 1.82) is 0 Å². The first-order chi connectivity index (χ1) is 10.4. The number of likely N-dealkylation sites (N-methyl/N-ethyl adjacent to an activating group) is 1. The Hall–Kier alpha value is -2.04. The zero-order valence-electron chi connectivity index (χ0n) is 13.7. The van der Waals surface area contributed by atoms with Crippen molar-refractivity contribution in [2.75, 3.05) is 20.1 Å². The number of ether oxygens (including phenoxy) is 1. The maximum atomic E-state index is 11.9. The Morgan fingerprint density at radius 2 is 1.86 bits per heavy atom. The number of carbonyl (C=O) groups is 2. The maximum Gasteiger partial charge on any atom is 0.410 e. The van der Waals surface area contributed by atoms with E-state index in [1.165, 1.54) is 5.56 Å². The summed E-state index contributed by atoms with van der Waals surface area (Å²) < 4.78 is 5.29. The average molecular weight is 304 g/mol. The number of carbonyl (C=O) groups excluding carboxylic acids is 2. The lowest BCUT2D eigenvalue weighted by molar-refractivity contribution is -0.138. The zero-order valence-corrected chi connectivity index (χ0v) is 13.7. The molecule has 5 heteroatoms. The Morgan fingerprint density at radius 1 is 1.27 bits per heavy atom. The van der Waals surface area contributed by atoms with Crippen molar-refractivity contribution in [2.45, 2.75) is 33.4 Å². The number of likely N-dealkylation sites (tertiary alicyclic amines) is 1. The summed E-state index contributed by atoms with van der Waals surface area (Å²) in [5, 5.41) is 0. The van der Waals surface area contributed by atoms with Gasteiger partial charge in [-0.2, -0.15) is 0 Å². The molecule has 0 radical (unpaired) electrons.